The maximum Gasteiger partial charge on any atom is 0.335 e. The summed E-state index contributed by atoms with van der Waals surface area (Å²) in [5.41, 5.74) is 7.71. The number of carboxylic acid groups (broad SMARTS) is 1. The molecule has 176 valence electrons. The summed E-state index contributed by atoms with van der Waals surface area (Å²) in [6.45, 7) is 2.59. The number of nitrogens with zero attached hydrogens (tertiary/aromatic N) is 1. The lowest BCUT2D eigenvalue weighted by Crippen LogP contribution is -2.22. The minimum absolute atomic E-state index is 0.263. The molecule has 1 aromatic carbocycles. The maximum atomic E-state index is 11.0. The minimum Gasteiger partial charge on any atom is -0.478 e. The maximum absolute atomic E-state index is 11.0. The van der Waals surface area contributed by atoms with Crippen LogP contribution < -0.4 is 11.1 Å². The Hall–Kier alpha value is -1.90. The van der Waals surface area contributed by atoms with Crippen molar-refractivity contribution in [2.75, 3.05) is 32.0 Å². The van der Waals surface area contributed by atoms with Crippen LogP contribution in [0.25, 0.3) is 0 Å². The molecule has 0 spiro atoms. The number of hydrogen-bond donors (Lipinski definition) is 4. The van der Waals surface area contributed by atoms with Crippen molar-refractivity contribution < 1.29 is 19.7 Å². The number of ether oxygens (including phenoxy) is 1. The van der Waals surface area contributed by atoms with Gasteiger partial charge in [-0.2, -0.15) is 0 Å². The highest BCUT2D eigenvalue weighted by atomic mass is 35.5. The molecule has 5 N–H and O–H groups in total. The second-order valence-electron chi connectivity index (χ2n) is 7.59. The molecule has 0 saturated heterocycles. The number of aliphatic hydroxyl groups is 1. The molecule has 0 aliphatic rings. The van der Waals surface area contributed by atoms with Crippen molar-refractivity contribution in [1.82, 2.24) is 10.3 Å². The van der Waals surface area contributed by atoms with Crippen LogP contribution in [0.15, 0.2) is 30.5 Å². The van der Waals surface area contributed by atoms with Gasteiger partial charge in [-0.3, -0.25) is 4.98 Å². The van der Waals surface area contributed by atoms with Crippen LogP contribution >= 0.6 is 23.2 Å². The molecule has 9 heteroatoms. The summed E-state index contributed by atoms with van der Waals surface area (Å²) in [6.07, 6.45) is 6.52. The number of benzene rings is 1. The van der Waals surface area contributed by atoms with Crippen LogP contribution in [-0.4, -0.2) is 47.5 Å². The zero-order chi connectivity index (χ0) is 23.3. The summed E-state index contributed by atoms with van der Waals surface area (Å²) in [7, 11) is 0. The number of aliphatic hydroxyl groups excluding tert-OH is 1. The highest BCUT2D eigenvalue weighted by molar-refractivity contribution is 6.38. The molecule has 0 saturated carbocycles. The Labute approximate surface area is 198 Å². The Balaban J connectivity index is 1.45. The molecule has 0 aliphatic carbocycles. The highest BCUT2D eigenvalue weighted by Crippen LogP contribution is 2.31. The molecule has 2 aromatic rings. The Kier molecular flexibility index (Phi) is 11.8. The summed E-state index contributed by atoms with van der Waals surface area (Å²) < 4.78 is 5.65. The number of aromatic carboxylic acids is 1. The first-order chi connectivity index (χ1) is 15.4. The molecule has 7 nitrogen and oxygen atoms in total. The molecular weight excluding hydrogens is 453 g/mol. The van der Waals surface area contributed by atoms with Crippen LogP contribution in [0, 0.1) is 0 Å². The fraction of sp³-hybridized carbons (Fsp3) is 0.478. The van der Waals surface area contributed by atoms with Gasteiger partial charge in [-0.15, -0.1) is 0 Å². The van der Waals surface area contributed by atoms with Gasteiger partial charge in [-0.25, -0.2) is 4.79 Å². The average Bonchev–Trinajstić information content (AvgIpc) is 2.77. The number of nitrogens with one attached hydrogen (secondary N) is 1. The van der Waals surface area contributed by atoms with Gasteiger partial charge >= 0.3 is 5.97 Å². The van der Waals surface area contributed by atoms with Crippen LogP contribution in [0.4, 0.5) is 5.69 Å². The molecular formula is C23H31Cl2N3O4. The number of pyridine rings is 1. The fourth-order valence-corrected chi connectivity index (χ4v) is 3.67. The molecule has 0 aliphatic heterocycles. The lowest BCUT2D eigenvalue weighted by Gasteiger charge is -2.14. The van der Waals surface area contributed by atoms with E-state index >= 15 is 0 Å². The zero-order valence-corrected chi connectivity index (χ0v) is 19.5. The second-order valence-corrected chi connectivity index (χ2v) is 8.40. The number of anilines is 1. The first kappa shape index (κ1) is 26.4. The zero-order valence-electron chi connectivity index (χ0n) is 18.0. The quantitative estimate of drug-likeness (QED) is 0.217. The summed E-state index contributed by atoms with van der Waals surface area (Å²) in [4.78, 5) is 15.1. The number of nitrogen functional groups attached to an aromatic ring is 1. The van der Waals surface area contributed by atoms with Gasteiger partial charge in [0.25, 0.3) is 0 Å². The van der Waals surface area contributed by atoms with Gasteiger partial charge in [-0.1, -0.05) is 36.0 Å². The van der Waals surface area contributed by atoms with E-state index < -0.39 is 12.1 Å². The molecule has 1 heterocycles. The molecule has 0 bridgehead atoms. The molecule has 1 atom stereocenters. The number of carboxylic acids is 1. The van der Waals surface area contributed by atoms with E-state index in [2.05, 4.69) is 10.3 Å². The number of carbonyl (C=O) groups is 1. The second kappa shape index (κ2) is 14.3. The van der Waals surface area contributed by atoms with E-state index in [4.69, 9.17) is 38.8 Å². The summed E-state index contributed by atoms with van der Waals surface area (Å²) >= 11 is 12.0. The molecule has 1 unspecified atom stereocenters. The van der Waals surface area contributed by atoms with Crippen molar-refractivity contribution in [3.8, 4) is 0 Å². The number of hydrogen-bond acceptors (Lipinski definition) is 6. The summed E-state index contributed by atoms with van der Waals surface area (Å²) in [5.74, 6) is -0.937. The molecule has 0 radical (unpaired) electrons. The topological polar surface area (TPSA) is 118 Å². The van der Waals surface area contributed by atoms with E-state index in [-0.39, 0.29) is 5.56 Å². The average molecular weight is 484 g/mol. The third kappa shape index (κ3) is 9.30. The van der Waals surface area contributed by atoms with Crippen molar-refractivity contribution >= 4 is 34.9 Å². The van der Waals surface area contributed by atoms with Crippen LogP contribution in [0.1, 0.15) is 59.8 Å². The number of halogens is 2. The van der Waals surface area contributed by atoms with Crippen LogP contribution in [-0.2, 0) is 11.2 Å². The Morgan fingerprint density at radius 1 is 1.09 bits per heavy atom. The molecule has 0 fully saturated rings. The Bertz CT molecular complexity index is 844. The normalized spacial score (nSPS) is 12.1. The summed E-state index contributed by atoms with van der Waals surface area (Å²) in [6, 6.07) is 6.37. The molecule has 1 aromatic heterocycles. The van der Waals surface area contributed by atoms with Gasteiger partial charge < -0.3 is 26.0 Å². The Morgan fingerprint density at radius 3 is 2.50 bits per heavy atom. The molecule has 32 heavy (non-hydrogen) atoms. The van der Waals surface area contributed by atoms with Crippen molar-refractivity contribution in [2.24, 2.45) is 0 Å². The van der Waals surface area contributed by atoms with E-state index in [9.17, 15) is 9.90 Å². The van der Waals surface area contributed by atoms with Crippen molar-refractivity contribution in [3.05, 3.63) is 57.3 Å². The molecule has 0 amide bonds. The van der Waals surface area contributed by atoms with Gasteiger partial charge in [0.15, 0.2) is 0 Å². The first-order valence-electron chi connectivity index (χ1n) is 10.8. The minimum atomic E-state index is -0.937. The van der Waals surface area contributed by atoms with Crippen molar-refractivity contribution in [2.45, 2.75) is 44.6 Å². The number of aromatic nitrogens is 1. The monoisotopic (exact) mass is 483 g/mol. The third-order valence-corrected chi connectivity index (χ3v) is 5.63. The lowest BCUT2D eigenvalue weighted by atomic mass is 10.1. The Morgan fingerprint density at radius 2 is 1.78 bits per heavy atom. The summed E-state index contributed by atoms with van der Waals surface area (Å²) in [5, 5.41) is 23.2. The lowest BCUT2D eigenvalue weighted by molar-refractivity contribution is 0.0696. The van der Waals surface area contributed by atoms with Gasteiger partial charge in [0.05, 0.1) is 27.4 Å². The van der Waals surface area contributed by atoms with Gasteiger partial charge in [0.1, 0.15) is 0 Å². The number of rotatable bonds is 15. The largest absolute Gasteiger partial charge is 0.478 e. The predicted molar refractivity (Wildman–Crippen MR) is 128 cm³/mol. The van der Waals surface area contributed by atoms with E-state index in [1.807, 2.05) is 0 Å². The smallest absolute Gasteiger partial charge is 0.335 e. The third-order valence-electron chi connectivity index (χ3n) is 5.00. The number of unbranched alkanes of at least 4 members (excludes halogenated alkanes) is 3. The molecule has 2 rings (SSSR count). The van der Waals surface area contributed by atoms with Gasteiger partial charge in [-0.05, 0) is 62.1 Å². The standard InChI is InChI=1S/C23H31Cl2N3O4/c24-19-13-17(14-20(25)22(19)26)21(29)15-27-8-3-1-2-4-10-32-11-5-6-18-12-16(23(30)31)7-9-28-18/h7,9,12-14,21,27,29H,1-6,8,10-11,15,26H2,(H,30,31). The van der Waals surface area contributed by atoms with Crippen LogP contribution in [0.3, 0.4) is 0 Å². The fourth-order valence-electron chi connectivity index (χ4n) is 3.17. The first-order valence-corrected chi connectivity index (χ1v) is 11.5. The van der Waals surface area contributed by atoms with E-state index in [0.29, 0.717) is 47.5 Å². The van der Waals surface area contributed by atoms with Crippen molar-refractivity contribution in [1.29, 1.82) is 0 Å². The van der Waals surface area contributed by atoms with Crippen LogP contribution in [0.2, 0.25) is 10.0 Å². The van der Waals surface area contributed by atoms with E-state index in [1.165, 1.54) is 12.3 Å². The van der Waals surface area contributed by atoms with Crippen molar-refractivity contribution in [3.63, 3.8) is 0 Å². The SMILES string of the molecule is Nc1c(Cl)cc(C(O)CNCCCCCCOCCCc2cc(C(=O)O)ccn2)cc1Cl. The van der Waals surface area contributed by atoms with Gasteiger partial charge in [0.2, 0.25) is 0 Å². The van der Waals surface area contributed by atoms with Crippen LogP contribution in [0.5, 0.6) is 0 Å². The number of nitrogens with two attached hydrogens (primary N) is 1. The van der Waals surface area contributed by atoms with E-state index in [1.54, 1.807) is 18.2 Å². The highest BCUT2D eigenvalue weighted by Gasteiger charge is 2.12. The number of aryl methyl sites for hydroxylation is 1. The predicted octanol–water partition coefficient (Wildman–Crippen LogP) is 4.50. The van der Waals surface area contributed by atoms with Gasteiger partial charge in [0, 0.05) is 31.6 Å². The van der Waals surface area contributed by atoms with E-state index in [0.717, 1.165) is 44.3 Å².